The van der Waals surface area contributed by atoms with Gasteiger partial charge < -0.3 is 5.32 Å². The van der Waals surface area contributed by atoms with Gasteiger partial charge in [-0.1, -0.05) is 0 Å². The van der Waals surface area contributed by atoms with Crippen molar-refractivity contribution in [3.8, 4) is 6.07 Å². The van der Waals surface area contributed by atoms with Crippen LogP contribution in [0, 0.1) is 11.3 Å². The molecule has 1 aromatic carbocycles. The number of anilines is 1. The number of thioether (sulfide) groups is 1. The van der Waals surface area contributed by atoms with Crippen LogP contribution >= 0.6 is 11.8 Å². The maximum Gasteiger partial charge on any atom is 0.418 e. The highest BCUT2D eigenvalue weighted by Gasteiger charge is 2.33. The molecule has 1 N–H and O–H groups in total. The van der Waals surface area contributed by atoms with Crippen molar-refractivity contribution in [2.24, 2.45) is 0 Å². The van der Waals surface area contributed by atoms with Crippen molar-refractivity contribution in [3.63, 3.8) is 0 Å². The van der Waals surface area contributed by atoms with E-state index in [1.54, 1.807) is 11.8 Å². The lowest BCUT2D eigenvalue weighted by Crippen LogP contribution is -2.27. The minimum Gasteiger partial charge on any atom is -0.383 e. The lowest BCUT2D eigenvalue weighted by atomic mass is 10.1. The predicted molar refractivity (Wildman–Crippen MR) is 72.2 cm³/mol. The SMILES string of the molecule is CSC(C)(C)CNc1cc(C#N)ccc1C(F)(F)F. The smallest absolute Gasteiger partial charge is 0.383 e. The van der Waals surface area contributed by atoms with E-state index in [0.717, 1.165) is 6.07 Å². The van der Waals surface area contributed by atoms with Crippen molar-refractivity contribution in [3.05, 3.63) is 29.3 Å². The van der Waals surface area contributed by atoms with Crippen molar-refractivity contribution >= 4 is 17.4 Å². The van der Waals surface area contributed by atoms with E-state index in [0.29, 0.717) is 6.54 Å². The van der Waals surface area contributed by atoms with E-state index in [-0.39, 0.29) is 16.0 Å². The van der Waals surface area contributed by atoms with Crippen LogP contribution in [0.25, 0.3) is 0 Å². The first-order chi connectivity index (χ1) is 8.69. The molecular weight excluding hydrogens is 273 g/mol. The molecule has 0 spiro atoms. The molecule has 0 bridgehead atoms. The average Bonchev–Trinajstić information content (AvgIpc) is 2.35. The van der Waals surface area contributed by atoms with Crippen LogP contribution in [-0.2, 0) is 6.18 Å². The molecule has 1 aromatic rings. The van der Waals surface area contributed by atoms with Crippen LogP contribution in [0.5, 0.6) is 0 Å². The molecule has 104 valence electrons. The quantitative estimate of drug-likeness (QED) is 0.905. The van der Waals surface area contributed by atoms with E-state index in [2.05, 4.69) is 5.32 Å². The largest absolute Gasteiger partial charge is 0.418 e. The van der Waals surface area contributed by atoms with Gasteiger partial charge in [-0.05, 0) is 38.3 Å². The zero-order valence-corrected chi connectivity index (χ0v) is 11.7. The number of benzene rings is 1. The Morgan fingerprint density at radius 1 is 1.32 bits per heavy atom. The second-order valence-corrected chi connectivity index (χ2v) is 6.20. The average molecular weight is 288 g/mol. The number of alkyl halides is 3. The fourth-order valence-electron chi connectivity index (χ4n) is 1.39. The zero-order valence-electron chi connectivity index (χ0n) is 10.9. The van der Waals surface area contributed by atoms with Crippen LogP contribution in [-0.4, -0.2) is 17.5 Å². The normalized spacial score (nSPS) is 12.1. The Kier molecular flexibility index (Phi) is 4.75. The molecule has 2 nitrogen and oxygen atoms in total. The van der Waals surface area contributed by atoms with E-state index in [1.165, 1.54) is 12.1 Å². The van der Waals surface area contributed by atoms with Crippen LogP contribution in [0.15, 0.2) is 18.2 Å². The van der Waals surface area contributed by atoms with Gasteiger partial charge in [0.05, 0.1) is 17.2 Å². The molecule has 0 unspecified atom stereocenters. The summed E-state index contributed by atoms with van der Waals surface area (Å²) in [6.45, 7) is 4.25. The van der Waals surface area contributed by atoms with Gasteiger partial charge in [0.15, 0.2) is 0 Å². The minimum absolute atomic E-state index is 0.0475. The molecule has 1 rings (SSSR count). The molecule has 0 radical (unpaired) electrons. The molecule has 0 heterocycles. The summed E-state index contributed by atoms with van der Waals surface area (Å²) in [4.78, 5) is 0. The zero-order chi connectivity index (χ0) is 14.7. The fourth-order valence-corrected chi connectivity index (χ4v) is 1.60. The third kappa shape index (κ3) is 4.35. The van der Waals surface area contributed by atoms with Gasteiger partial charge in [0.25, 0.3) is 0 Å². The van der Waals surface area contributed by atoms with Gasteiger partial charge in [-0.25, -0.2) is 0 Å². The number of halogens is 3. The number of nitrogens with zero attached hydrogens (tertiary/aromatic N) is 1. The molecule has 19 heavy (non-hydrogen) atoms. The highest BCUT2D eigenvalue weighted by molar-refractivity contribution is 7.99. The van der Waals surface area contributed by atoms with Crippen molar-refractivity contribution in [1.82, 2.24) is 0 Å². The third-order valence-electron chi connectivity index (χ3n) is 2.71. The first kappa shape index (κ1) is 15.7. The van der Waals surface area contributed by atoms with E-state index >= 15 is 0 Å². The summed E-state index contributed by atoms with van der Waals surface area (Å²) in [5.41, 5.74) is -0.588. The van der Waals surface area contributed by atoms with Crippen molar-refractivity contribution in [2.75, 3.05) is 18.1 Å². The summed E-state index contributed by atoms with van der Waals surface area (Å²) in [6.07, 6.45) is -2.53. The highest BCUT2D eigenvalue weighted by Crippen LogP contribution is 2.35. The van der Waals surface area contributed by atoms with Gasteiger partial charge in [0.2, 0.25) is 0 Å². The van der Waals surface area contributed by atoms with Crippen LogP contribution in [0.1, 0.15) is 25.0 Å². The van der Waals surface area contributed by atoms with Crippen molar-refractivity contribution in [1.29, 1.82) is 5.26 Å². The molecule has 0 fully saturated rings. The van der Waals surface area contributed by atoms with Crippen LogP contribution in [0.3, 0.4) is 0 Å². The maximum absolute atomic E-state index is 12.9. The van der Waals surface area contributed by atoms with Gasteiger partial charge in [-0.2, -0.15) is 30.2 Å². The first-order valence-corrected chi connectivity index (χ1v) is 6.82. The first-order valence-electron chi connectivity index (χ1n) is 5.60. The summed E-state index contributed by atoms with van der Waals surface area (Å²) >= 11 is 1.56. The van der Waals surface area contributed by atoms with E-state index in [9.17, 15) is 13.2 Å². The summed E-state index contributed by atoms with van der Waals surface area (Å²) in [5, 5.41) is 11.6. The molecule has 0 aromatic heterocycles. The second-order valence-electron chi connectivity index (χ2n) is 4.69. The summed E-state index contributed by atoms with van der Waals surface area (Å²) in [5.74, 6) is 0. The number of hydrogen-bond donors (Lipinski definition) is 1. The molecule has 6 heteroatoms. The summed E-state index contributed by atoms with van der Waals surface area (Å²) in [6, 6.07) is 5.19. The summed E-state index contributed by atoms with van der Waals surface area (Å²) < 4.78 is 38.4. The van der Waals surface area contributed by atoms with E-state index in [4.69, 9.17) is 5.26 Å². The van der Waals surface area contributed by atoms with Gasteiger partial charge in [-0.3, -0.25) is 0 Å². The van der Waals surface area contributed by atoms with Crippen LogP contribution < -0.4 is 5.32 Å². The minimum atomic E-state index is -4.43. The Hall–Kier alpha value is -1.35. The lowest BCUT2D eigenvalue weighted by molar-refractivity contribution is -0.136. The third-order valence-corrected chi connectivity index (χ3v) is 3.96. The maximum atomic E-state index is 12.9. The van der Waals surface area contributed by atoms with Crippen LogP contribution in [0.2, 0.25) is 0 Å². The highest BCUT2D eigenvalue weighted by atomic mass is 32.2. The molecule has 0 aliphatic carbocycles. The van der Waals surface area contributed by atoms with Gasteiger partial charge in [-0.15, -0.1) is 0 Å². The standard InChI is InChI=1S/C13H15F3N2S/c1-12(2,19-3)8-18-11-6-9(7-17)4-5-10(11)13(14,15)16/h4-6,18H,8H2,1-3H3. The molecule has 0 atom stereocenters. The van der Waals surface area contributed by atoms with E-state index in [1.807, 2.05) is 26.2 Å². The molecule has 0 aliphatic heterocycles. The Balaban J connectivity index is 3.06. The van der Waals surface area contributed by atoms with Gasteiger partial charge in [0, 0.05) is 17.0 Å². The van der Waals surface area contributed by atoms with Gasteiger partial charge in [0.1, 0.15) is 0 Å². The molecule has 0 aliphatic rings. The van der Waals surface area contributed by atoms with Crippen molar-refractivity contribution in [2.45, 2.75) is 24.8 Å². The molecule has 0 saturated heterocycles. The number of hydrogen-bond acceptors (Lipinski definition) is 3. The second kappa shape index (κ2) is 5.74. The van der Waals surface area contributed by atoms with E-state index < -0.39 is 11.7 Å². The van der Waals surface area contributed by atoms with Crippen LogP contribution in [0.4, 0.5) is 18.9 Å². The topological polar surface area (TPSA) is 35.8 Å². The summed E-state index contributed by atoms with van der Waals surface area (Å²) in [7, 11) is 0. The number of nitriles is 1. The van der Waals surface area contributed by atoms with Crippen molar-refractivity contribution < 1.29 is 13.2 Å². The predicted octanol–water partition coefficient (Wildman–Crippen LogP) is 4.13. The fraction of sp³-hybridized carbons (Fsp3) is 0.462. The number of nitrogens with one attached hydrogen (secondary N) is 1. The Bertz CT molecular complexity index is 490. The Morgan fingerprint density at radius 2 is 1.95 bits per heavy atom. The molecule has 0 saturated carbocycles. The molecule has 0 amide bonds. The Labute approximate surface area is 115 Å². The van der Waals surface area contributed by atoms with Gasteiger partial charge >= 0.3 is 6.18 Å². The molecular formula is C13H15F3N2S. The Morgan fingerprint density at radius 3 is 2.42 bits per heavy atom. The monoisotopic (exact) mass is 288 g/mol. The lowest BCUT2D eigenvalue weighted by Gasteiger charge is -2.24. The number of rotatable bonds is 4.